The third kappa shape index (κ3) is 3.59. The fourth-order valence-electron chi connectivity index (χ4n) is 1.72. The van der Waals surface area contributed by atoms with Crippen molar-refractivity contribution in [1.29, 1.82) is 0 Å². The summed E-state index contributed by atoms with van der Waals surface area (Å²) in [5, 5.41) is 19.7. The average Bonchev–Trinajstić information content (AvgIpc) is 2.34. The smallest absolute Gasteiger partial charge is 0.186 e. The maximum Gasteiger partial charge on any atom is 0.186 e. The Balaban J connectivity index is 2.65. The zero-order chi connectivity index (χ0) is 12.8. The fraction of sp³-hybridized carbons (Fsp3) is 1.00. The minimum absolute atomic E-state index is 0.0212. The van der Waals surface area contributed by atoms with Crippen LogP contribution in [0.4, 0.5) is 0 Å². The van der Waals surface area contributed by atoms with E-state index in [2.05, 4.69) is 0 Å². The lowest BCUT2D eigenvalue weighted by atomic mass is 9.99. The van der Waals surface area contributed by atoms with Gasteiger partial charge in [-0.25, -0.2) is 0 Å². The summed E-state index contributed by atoms with van der Waals surface area (Å²) in [4.78, 5) is 0. The van der Waals surface area contributed by atoms with Gasteiger partial charge in [0.25, 0.3) is 0 Å². The summed E-state index contributed by atoms with van der Waals surface area (Å²) in [5.41, 5.74) is 0. The van der Waals surface area contributed by atoms with Gasteiger partial charge in [-0.2, -0.15) is 0 Å². The van der Waals surface area contributed by atoms with Crippen molar-refractivity contribution in [3.63, 3.8) is 0 Å². The summed E-state index contributed by atoms with van der Waals surface area (Å²) < 4.78 is 25.4. The Kier molecular flexibility index (Phi) is 6.28. The van der Waals surface area contributed by atoms with Crippen LogP contribution in [0.25, 0.3) is 0 Å². The van der Waals surface area contributed by atoms with Gasteiger partial charge in [-0.15, -0.1) is 0 Å². The highest BCUT2D eigenvalue weighted by Crippen LogP contribution is 2.24. The molecule has 1 saturated heterocycles. The van der Waals surface area contributed by atoms with Crippen LogP contribution in [-0.4, -0.2) is 75.6 Å². The highest BCUT2D eigenvalue weighted by molar-refractivity contribution is 4.89. The van der Waals surface area contributed by atoms with Crippen molar-refractivity contribution >= 4 is 0 Å². The molecule has 0 radical (unpaired) electrons. The SMILES string of the molecule is COCOC1C(OC)OC(COC)C(O)C1O. The second-order valence-corrected chi connectivity index (χ2v) is 3.75. The van der Waals surface area contributed by atoms with Crippen molar-refractivity contribution in [2.24, 2.45) is 0 Å². The van der Waals surface area contributed by atoms with E-state index in [9.17, 15) is 10.2 Å². The maximum absolute atomic E-state index is 9.92. The second-order valence-electron chi connectivity index (χ2n) is 3.75. The lowest BCUT2D eigenvalue weighted by Gasteiger charge is -2.41. The topological polar surface area (TPSA) is 86.6 Å². The fourth-order valence-corrected chi connectivity index (χ4v) is 1.72. The molecule has 0 aliphatic carbocycles. The molecule has 0 bridgehead atoms. The van der Waals surface area contributed by atoms with Crippen molar-refractivity contribution in [3.8, 4) is 0 Å². The summed E-state index contributed by atoms with van der Waals surface area (Å²) in [6.45, 7) is 0.141. The number of ether oxygens (including phenoxy) is 5. The third-order valence-electron chi connectivity index (χ3n) is 2.59. The van der Waals surface area contributed by atoms with Crippen LogP contribution in [0.5, 0.6) is 0 Å². The standard InChI is InChI=1S/C10H20O7/c1-13-4-6-7(11)8(12)9(16-5-14-2)10(15-3)17-6/h6-12H,4-5H2,1-3H3. The van der Waals surface area contributed by atoms with Gasteiger partial charge in [0.1, 0.15) is 31.2 Å². The summed E-state index contributed by atoms with van der Waals surface area (Å²) in [6, 6.07) is 0. The number of aliphatic hydroxyl groups excluding tert-OH is 2. The minimum atomic E-state index is -1.12. The first-order valence-electron chi connectivity index (χ1n) is 5.29. The minimum Gasteiger partial charge on any atom is -0.387 e. The van der Waals surface area contributed by atoms with Gasteiger partial charge in [-0.3, -0.25) is 0 Å². The van der Waals surface area contributed by atoms with E-state index in [1.165, 1.54) is 21.3 Å². The van der Waals surface area contributed by atoms with Crippen molar-refractivity contribution in [1.82, 2.24) is 0 Å². The Bertz CT molecular complexity index is 211. The molecule has 0 aromatic rings. The van der Waals surface area contributed by atoms with Crippen LogP contribution >= 0.6 is 0 Å². The van der Waals surface area contributed by atoms with Gasteiger partial charge in [-0.1, -0.05) is 0 Å². The molecule has 1 fully saturated rings. The molecule has 7 heteroatoms. The molecule has 102 valence electrons. The first-order valence-corrected chi connectivity index (χ1v) is 5.29. The van der Waals surface area contributed by atoms with Crippen LogP contribution in [0.1, 0.15) is 0 Å². The van der Waals surface area contributed by atoms with E-state index in [1.807, 2.05) is 0 Å². The number of rotatable bonds is 6. The monoisotopic (exact) mass is 252 g/mol. The van der Waals surface area contributed by atoms with E-state index in [0.717, 1.165) is 0 Å². The molecule has 2 N–H and O–H groups in total. The van der Waals surface area contributed by atoms with Crippen molar-refractivity contribution in [3.05, 3.63) is 0 Å². The lowest BCUT2D eigenvalue weighted by Crippen LogP contribution is -2.60. The first-order chi connectivity index (χ1) is 8.15. The van der Waals surface area contributed by atoms with E-state index in [4.69, 9.17) is 23.7 Å². The summed E-state index contributed by atoms with van der Waals surface area (Å²) in [6.07, 6.45) is -4.44. The Hall–Kier alpha value is -0.280. The average molecular weight is 252 g/mol. The highest BCUT2D eigenvalue weighted by atomic mass is 16.7. The van der Waals surface area contributed by atoms with Crippen LogP contribution in [0.15, 0.2) is 0 Å². The van der Waals surface area contributed by atoms with Gasteiger partial charge in [0.2, 0.25) is 0 Å². The molecular weight excluding hydrogens is 232 g/mol. The molecule has 7 nitrogen and oxygen atoms in total. The van der Waals surface area contributed by atoms with E-state index in [-0.39, 0.29) is 13.4 Å². The van der Waals surface area contributed by atoms with Crippen LogP contribution < -0.4 is 0 Å². The van der Waals surface area contributed by atoms with Crippen molar-refractivity contribution < 1.29 is 33.9 Å². The Morgan fingerprint density at radius 3 is 2.29 bits per heavy atom. The number of aliphatic hydroxyl groups is 2. The van der Waals surface area contributed by atoms with Crippen LogP contribution in [-0.2, 0) is 23.7 Å². The van der Waals surface area contributed by atoms with E-state index in [1.54, 1.807) is 0 Å². The van der Waals surface area contributed by atoms with E-state index in [0.29, 0.717) is 0 Å². The molecule has 0 amide bonds. The number of hydrogen-bond acceptors (Lipinski definition) is 7. The molecule has 0 aromatic heterocycles. The highest BCUT2D eigenvalue weighted by Gasteiger charge is 2.45. The molecule has 17 heavy (non-hydrogen) atoms. The molecule has 0 spiro atoms. The van der Waals surface area contributed by atoms with Gasteiger partial charge in [0, 0.05) is 21.3 Å². The molecule has 5 atom stereocenters. The third-order valence-corrected chi connectivity index (χ3v) is 2.59. The molecule has 1 aliphatic rings. The zero-order valence-corrected chi connectivity index (χ0v) is 10.2. The van der Waals surface area contributed by atoms with Crippen molar-refractivity contribution in [2.45, 2.75) is 30.7 Å². The number of hydrogen-bond donors (Lipinski definition) is 2. The molecular formula is C10H20O7. The molecule has 0 saturated carbocycles. The molecule has 0 aromatic carbocycles. The predicted molar refractivity (Wildman–Crippen MR) is 56.3 cm³/mol. The van der Waals surface area contributed by atoms with Gasteiger partial charge < -0.3 is 33.9 Å². The molecule has 5 unspecified atom stereocenters. The first kappa shape index (κ1) is 14.8. The van der Waals surface area contributed by atoms with E-state index >= 15 is 0 Å². The maximum atomic E-state index is 9.92. The summed E-state index contributed by atoms with van der Waals surface area (Å²) in [7, 11) is 4.38. The largest absolute Gasteiger partial charge is 0.387 e. The summed E-state index contributed by atoms with van der Waals surface area (Å²) in [5.74, 6) is 0. The zero-order valence-electron chi connectivity index (χ0n) is 10.2. The van der Waals surface area contributed by atoms with Gasteiger partial charge in [-0.05, 0) is 0 Å². The van der Waals surface area contributed by atoms with Crippen LogP contribution in [0, 0.1) is 0 Å². The molecule has 1 rings (SSSR count). The second kappa shape index (κ2) is 7.22. The van der Waals surface area contributed by atoms with Crippen LogP contribution in [0.3, 0.4) is 0 Å². The van der Waals surface area contributed by atoms with Crippen LogP contribution in [0.2, 0.25) is 0 Å². The molecule has 1 aliphatic heterocycles. The lowest BCUT2D eigenvalue weighted by molar-refractivity contribution is -0.313. The number of methoxy groups -OCH3 is 3. The van der Waals surface area contributed by atoms with Gasteiger partial charge in [0.05, 0.1) is 6.61 Å². The Labute approximate surface area is 100 Å². The summed E-state index contributed by atoms with van der Waals surface area (Å²) >= 11 is 0. The van der Waals surface area contributed by atoms with Crippen molar-refractivity contribution in [2.75, 3.05) is 34.7 Å². The van der Waals surface area contributed by atoms with Gasteiger partial charge in [0.15, 0.2) is 6.29 Å². The van der Waals surface area contributed by atoms with E-state index < -0.39 is 30.7 Å². The Morgan fingerprint density at radius 2 is 1.76 bits per heavy atom. The Morgan fingerprint density at radius 1 is 1.06 bits per heavy atom. The quantitative estimate of drug-likeness (QED) is 0.569. The normalized spacial score (nSPS) is 38.3. The van der Waals surface area contributed by atoms with Gasteiger partial charge >= 0.3 is 0 Å². The molecule has 1 heterocycles. The predicted octanol–water partition coefficient (Wildman–Crippen LogP) is -1.28.